The van der Waals surface area contributed by atoms with E-state index in [4.69, 9.17) is 0 Å². The fraction of sp³-hybridized carbons (Fsp3) is 0.529. The van der Waals surface area contributed by atoms with Crippen molar-refractivity contribution in [3.05, 3.63) is 47.0 Å². The molecule has 0 saturated carbocycles. The number of hydrogen-bond donors (Lipinski definition) is 2. The molecule has 2 heteroatoms. The van der Waals surface area contributed by atoms with Gasteiger partial charge in [0.25, 0.3) is 0 Å². The smallest absolute Gasteiger partial charge is 0.0179 e. The molecule has 0 spiro atoms. The van der Waals surface area contributed by atoms with Crippen LogP contribution in [0.4, 0.5) is 0 Å². The second-order valence-electron chi connectivity index (χ2n) is 4.96. The number of rotatable bonds is 5. The number of aromatic nitrogens is 2. The molecular weight excluding hydrogens is 232 g/mol. The zero-order valence-electron chi connectivity index (χ0n) is 12.8. The summed E-state index contributed by atoms with van der Waals surface area (Å²) in [5.74, 6) is 0. The molecular formula is C17H28N2. The Morgan fingerprint density at radius 1 is 0.842 bits per heavy atom. The maximum atomic E-state index is 3.26. The molecule has 0 bridgehead atoms. The van der Waals surface area contributed by atoms with E-state index in [9.17, 15) is 0 Å². The first-order valence-corrected chi connectivity index (χ1v) is 7.50. The quantitative estimate of drug-likeness (QED) is 0.773. The molecule has 0 amide bonds. The van der Waals surface area contributed by atoms with Crippen molar-refractivity contribution in [2.45, 2.75) is 59.8 Å². The summed E-state index contributed by atoms with van der Waals surface area (Å²) in [6.45, 7) is 8.72. The molecule has 19 heavy (non-hydrogen) atoms. The van der Waals surface area contributed by atoms with Gasteiger partial charge in [0.1, 0.15) is 0 Å². The molecule has 0 aliphatic carbocycles. The molecule has 2 rings (SSSR count). The first kappa shape index (κ1) is 15.6. The maximum Gasteiger partial charge on any atom is 0.0179 e. The van der Waals surface area contributed by atoms with Crippen LogP contribution in [0, 0.1) is 6.92 Å². The Morgan fingerprint density at radius 3 is 2.00 bits per heavy atom. The van der Waals surface area contributed by atoms with Gasteiger partial charge in [0.15, 0.2) is 0 Å². The van der Waals surface area contributed by atoms with E-state index in [2.05, 4.69) is 49.8 Å². The van der Waals surface area contributed by atoms with Crippen LogP contribution in [0.25, 0.3) is 0 Å². The summed E-state index contributed by atoms with van der Waals surface area (Å²) in [6, 6.07) is 4.32. The van der Waals surface area contributed by atoms with Crippen LogP contribution in [0.3, 0.4) is 0 Å². The second-order valence-corrected chi connectivity index (χ2v) is 4.96. The molecule has 106 valence electrons. The maximum absolute atomic E-state index is 3.26. The average molecular weight is 260 g/mol. The number of hydrogen-bond acceptors (Lipinski definition) is 0. The molecule has 0 aliphatic heterocycles. The lowest BCUT2D eigenvalue weighted by Crippen LogP contribution is -1.88. The van der Waals surface area contributed by atoms with E-state index in [-0.39, 0.29) is 0 Å². The zero-order valence-corrected chi connectivity index (χ0v) is 12.8. The van der Waals surface area contributed by atoms with E-state index < -0.39 is 0 Å². The van der Waals surface area contributed by atoms with Crippen molar-refractivity contribution in [1.82, 2.24) is 9.97 Å². The van der Waals surface area contributed by atoms with Gasteiger partial charge < -0.3 is 9.97 Å². The Labute approximate surface area is 117 Å². The van der Waals surface area contributed by atoms with E-state index in [0.717, 1.165) is 6.42 Å². The summed E-state index contributed by atoms with van der Waals surface area (Å²) in [6.07, 6.45) is 10.0. The van der Waals surface area contributed by atoms with Crippen molar-refractivity contribution >= 4 is 0 Å². The lowest BCUT2D eigenvalue weighted by Gasteiger charge is -1.97. The Balaban J connectivity index is 0.000000191. The lowest BCUT2D eigenvalue weighted by atomic mass is 10.1. The molecule has 2 aromatic heterocycles. The van der Waals surface area contributed by atoms with Crippen LogP contribution >= 0.6 is 0 Å². The van der Waals surface area contributed by atoms with Crippen LogP contribution in [0.15, 0.2) is 24.5 Å². The number of H-pyrrole nitrogens is 2. The van der Waals surface area contributed by atoms with Gasteiger partial charge in [0.05, 0.1) is 0 Å². The molecule has 2 N–H and O–H groups in total. The summed E-state index contributed by atoms with van der Waals surface area (Å²) in [5.41, 5.74) is 5.67. The van der Waals surface area contributed by atoms with E-state index in [0.29, 0.717) is 0 Å². The number of nitrogens with one attached hydrogen (secondary N) is 2. The van der Waals surface area contributed by atoms with Gasteiger partial charge in [-0.2, -0.15) is 0 Å². The first-order chi connectivity index (χ1) is 9.22. The summed E-state index contributed by atoms with van der Waals surface area (Å²) >= 11 is 0. The van der Waals surface area contributed by atoms with E-state index in [1.807, 2.05) is 12.4 Å². The Hall–Kier alpha value is -1.44. The summed E-state index contributed by atoms with van der Waals surface area (Å²) in [7, 11) is 0. The molecule has 0 radical (unpaired) electrons. The molecule has 0 aromatic carbocycles. The zero-order chi connectivity index (χ0) is 14.1. The minimum atomic E-state index is 1.15. The minimum Gasteiger partial charge on any atom is -0.365 e. The molecule has 2 aromatic rings. The predicted octanol–water partition coefficient (Wildman–Crippen LogP) is 4.81. The molecule has 2 heterocycles. The Kier molecular flexibility index (Phi) is 7.09. The molecule has 0 atom stereocenters. The molecule has 0 saturated heterocycles. The van der Waals surface area contributed by atoms with Crippen LogP contribution in [-0.4, -0.2) is 9.97 Å². The van der Waals surface area contributed by atoms with Crippen molar-refractivity contribution in [3.63, 3.8) is 0 Å². The third kappa shape index (κ3) is 4.98. The van der Waals surface area contributed by atoms with Gasteiger partial charge >= 0.3 is 0 Å². The summed E-state index contributed by atoms with van der Waals surface area (Å²) in [5, 5.41) is 0. The van der Waals surface area contributed by atoms with Crippen LogP contribution in [-0.2, 0) is 19.3 Å². The summed E-state index contributed by atoms with van der Waals surface area (Å²) < 4.78 is 0. The van der Waals surface area contributed by atoms with Crippen LogP contribution in [0.1, 0.15) is 56.1 Å². The largest absolute Gasteiger partial charge is 0.365 e. The van der Waals surface area contributed by atoms with Gasteiger partial charge in [-0.05, 0) is 49.4 Å². The first-order valence-electron chi connectivity index (χ1n) is 7.50. The highest BCUT2D eigenvalue weighted by atomic mass is 14.7. The SMILES string of the molecule is CCCc1[nH]ccc1CC.CCCc1cc[nH]c1C. The fourth-order valence-electron chi connectivity index (χ4n) is 2.28. The van der Waals surface area contributed by atoms with Crippen LogP contribution in [0.2, 0.25) is 0 Å². The predicted molar refractivity (Wildman–Crippen MR) is 83.7 cm³/mol. The minimum absolute atomic E-state index is 1.15. The number of aromatic amines is 2. The highest BCUT2D eigenvalue weighted by molar-refractivity contribution is 5.20. The van der Waals surface area contributed by atoms with E-state index in [1.165, 1.54) is 48.2 Å². The van der Waals surface area contributed by atoms with E-state index in [1.54, 1.807) is 0 Å². The lowest BCUT2D eigenvalue weighted by molar-refractivity contribution is 0.873. The van der Waals surface area contributed by atoms with Crippen LogP contribution < -0.4 is 0 Å². The standard InChI is InChI=1S/C9H15N.C8H13N/c1-3-5-9-8(4-2)6-7-10-9;1-3-4-8-5-6-9-7(8)2/h6-7,10H,3-5H2,1-2H3;5-6,9H,3-4H2,1-2H3. The third-order valence-electron chi connectivity index (χ3n) is 3.40. The van der Waals surface area contributed by atoms with E-state index >= 15 is 0 Å². The topological polar surface area (TPSA) is 31.6 Å². The van der Waals surface area contributed by atoms with Crippen molar-refractivity contribution in [3.8, 4) is 0 Å². The fourth-order valence-corrected chi connectivity index (χ4v) is 2.28. The molecule has 0 unspecified atom stereocenters. The highest BCUT2D eigenvalue weighted by Crippen LogP contribution is 2.09. The van der Waals surface area contributed by atoms with Crippen LogP contribution in [0.5, 0.6) is 0 Å². The van der Waals surface area contributed by atoms with Crippen molar-refractivity contribution in [2.24, 2.45) is 0 Å². The molecule has 0 fully saturated rings. The Bertz CT molecular complexity index is 451. The van der Waals surface area contributed by atoms with Gasteiger partial charge in [-0.15, -0.1) is 0 Å². The van der Waals surface area contributed by atoms with Gasteiger partial charge in [-0.25, -0.2) is 0 Å². The highest BCUT2D eigenvalue weighted by Gasteiger charge is 1.98. The normalized spacial score (nSPS) is 10.1. The molecule has 2 nitrogen and oxygen atoms in total. The average Bonchev–Trinajstić information content (AvgIpc) is 3.01. The monoisotopic (exact) mass is 260 g/mol. The molecule has 0 aliphatic rings. The van der Waals surface area contributed by atoms with Gasteiger partial charge in [-0.3, -0.25) is 0 Å². The van der Waals surface area contributed by atoms with Gasteiger partial charge in [-0.1, -0.05) is 33.6 Å². The Morgan fingerprint density at radius 2 is 1.47 bits per heavy atom. The summed E-state index contributed by atoms with van der Waals surface area (Å²) in [4.78, 5) is 6.41. The number of aryl methyl sites for hydroxylation is 4. The van der Waals surface area contributed by atoms with Crippen molar-refractivity contribution in [2.75, 3.05) is 0 Å². The third-order valence-corrected chi connectivity index (χ3v) is 3.40. The van der Waals surface area contributed by atoms with Crippen molar-refractivity contribution in [1.29, 1.82) is 0 Å². The second kappa shape index (κ2) is 8.63. The van der Waals surface area contributed by atoms with Gasteiger partial charge in [0, 0.05) is 23.8 Å². The van der Waals surface area contributed by atoms with Gasteiger partial charge in [0.2, 0.25) is 0 Å². The van der Waals surface area contributed by atoms with Crippen molar-refractivity contribution < 1.29 is 0 Å².